The molecule has 0 fully saturated rings. The van der Waals surface area contributed by atoms with Gasteiger partial charge in [-0.25, -0.2) is 4.98 Å². The van der Waals surface area contributed by atoms with Crippen LogP contribution in [0.2, 0.25) is 5.02 Å². The molecule has 3 aromatic carbocycles. The van der Waals surface area contributed by atoms with E-state index < -0.39 is 4.92 Å². The predicted octanol–water partition coefficient (Wildman–Crippen LogP) is 6.04. The van der Waals surface area contributed by atoms with Crippen molar-refractivity contribution in [2.45, 2.75) is 6.92 Å². The van der Waals surface area contributed by atoms with Crippen molar-refractivity contribution in [2.75, 3.05) is 5.32 Å². The van der Waals surface area contributed by atoms with Gasteiger partial charge in [-0.05, 0) is 53.6 Å². The van der Waals surface area contributed by atoms with Crippen molar-refractivity contribution < 1.29 is 9.66 Å². The van der Waals surface area contributed by atoms with Crippen molar-refractivity contribution in [1.29, 1.82) is 0 Å². The number of aromatic nitrogens is 2. The van der Waals surface area contributed by atoms with Crippen LogP contribution in [0.1, 0.15) is 5.56 Å². The molecule has 144 valence electrons. The first-order valence-electron chi connectivity index (χ1n) is 8.70. The van der Waals surface area contributed by atoms with E-state index in [0.717, 1.165) is 16.3 Å². The van der Waals surface area contributed by atoms with Crippen LogP contribution in [0.4, 0.5) is 17.2 Å². The molecule has 0 unspecified atom stereocenters. The summed E-state index contributed by atoms with van der Waals surface area (Å²) >= 11 is 5.98. The Hall–Kier alpha value is -3.71. The molecule has 1 heterocycles. The molecule has 0 spiro atoms. The monoisotopic (exact) mass is 406 g/mol. The summed E-state index contributed by atoms with van der Waals surface area (Å²) in [6.07, 6.45) is 1.22. The largest absolute Gasteiger partial charge is 0.434 e. The van der Waals surface area contributed by atoms with E-state index in [4.69, 9.17) is 16.3 Å². The van der Waals surface area contributed by atoms with Gasteiger partial charge in [-0.3, -0.25) is 10.1 Å². The van der Waals surface area contributed by atoms with Gasteiger partial charge in [0.2, 0.25) is 5.82 Å². The van der Waals surface area contributed by atoms with Crippen LogP contribution < -0.4 is 10.1 Å². The number of fused-ring (bicyclic) bond motifs is 1. The summed E-state index contributed by atoms with van der Waals surface area (Å²) in [6, 6.07) is 18.4. The molecule has 0 saturated heterocycles. The number of hydrogen-bond donors (Lipinski definition) is 1. The number of anilines is 2. The number of ether oxygens (including phenoxy) is 1. The highest BCUT2D eigenvalue weighted by atomic mass is 35.5. The van der Waals surface area contributed by atoms with Gasteiger partial charge in [0.15, 0.2) is 0 Å². The van der Waals surface area contributed by atoms with Crippen molar-refractivity contribution in [1.82, 2.24) is 9.97 Å². The molecule has 4 rings (SSSR count). The minimum absolute atomic E-state index is 0.0335. The highest BCUT2D eigenvalue weighted by Crippen LogP contribution is 2.36. The van der Waals surface area contributed by atoms with E-state index in [0.29, 0.717) is 16.5 Å². The number of nitrogens with zero attached hydrogens (tertiary/aromatic N) is 3. The van der Waals surface area contributed by atoms with Crippen molar-refractivity contribution in [3.8, 4) is 11.6 Å². The van der Waals surface area contributed by atoms with Crippen LogP contribution in [0.25, 0.3) is 10.8 Å². The lowest BCUT2D eigenvalue weighted by molar-refractivity contribution is -0.385. The summed E-state index contributed by atoms with van der Waals surface area (Å²) in [4.78, 5) is 19.2. The van der Waals surface area contributed by atoms with Crippen LogP contribution in [-0.2, 0) is 0 Å². The summed E-state index contributed by atoms with van der Waals surface area (Å²) in [5, 5.41) is 17.3. The van der Waals surface area contributed by atoms with Gasteiger partial charge < -0.3 is 10.1 Å². The molecule has 29 heavy (non-hydrogen) atoms. The third kappa shape index (κ3) is 3.95. The average Bonchev–Trinajstić information content (AvgIpc) is 2.70. The topological polar surface area (TPSA) is 90.2 Å². The molecule has 0 bridgehead atoms. The highest BCUT2D eigenvalue weighted by molar-refractivity contribution is 6.30. The average molecular weight is 407 g/mol. The van der Waals surface area contributed by atoms with Crippen LogP contribution in [0.5, 0.6) is 11.6 Å². The normalized spacial score (nSPS) is 10.7. The molecule has 0 aliphatic carbocycles. The second-order valence-electron chi connectivity index (χ2n) is 6.33. The van der Waals surface area contributed by atoms with Gasteiger partial charge in [0.1, 0.15) is 12.1 Å². The van der Waals surface area contributed by atoms with E-state index in [1.165, 1.54) is 6.33 Å². The number of benzene rings is 3. The van der Waals surface area contributed by atoms with E-state index in [1.807, 2.05) is 37.3 Å². The third-order valence-electron chi connectivity index (χ3n) is 4.35. The van der Waals surface area contributed by atoms with Gasteiger partial charge in [0.05, 0.1) is 4.92 Å². The molecular weight excluding hydrogens is 392 g/mol. The summed E-state index contributed by atoms with van der Waals surface area (Å²) < 4.78 is 5.75. The number of nitro groups is 1. The second kappa shape index (κ2) is 7.73. The van der Waals surface area contributed by atoms with Crippen molar-refractivity contribution >= 4 is 39.6 Å². The van der Waals surface area contributed by atoms with Crippen LogP contribution in [-0.4, -0.2) is 14.9 Å². The number of hydrogen-bond acceptors (Lipinski definition) is 6. The van der Waals surface area contributed by atoms with Crippen LogP contribution in [0.15, 0.2) is 67.0 Å². The lowest BCUT2D eigenvalue weighted by Gasteiger charge is -2.11. The molecule has 0 aliphatic rings. The first-order valence-corrected chi connectivity index (χ1v) is 9.08. The Kier molecular flexibility index (Phi) is 4.97. The fourth-order valence-electron chi connectivity index (χ4n) is 2.93. The Bertz CT molecular complexity index is 1230. The zero-order valence-electron chi connectivity index (χ0n) is 15.3. The van der Waals surface area contributed by atoms with Gasteiger partial charge in [0.25, 0.3) is 0 Å². The van der Waals surface area contributed by atoms with E-state index in [2.05, 4.69) is 15.3 Å². The zero-order valence-corrected chi connectivity index (χ0v) is 16.1. The highest BCUT2D eigenvalue weighted by Gasteiger charge is 2.25. The molecule has 1 N–H and O–H groups in total. The van der Waals surface area contributed by atoms with E-state index >= 15 is 0 Å². The summed E-state index contributed by atoms with van der Waals surface area (Å²) in [5.74, 6) is 0.333. The standard InChI is InChI=1S/C21H15ClN4O3/c1-13-10-16(22)7-9-18(13)25-20-19(26(27)28)21(24-12-23-20)29-17-8-6-14-4-2-3-5-15(14)11-17/h2-12H,1H3,(H,23,24,25). The van der Waals surface area contributed by atoms with Gasteiger partial charge in [0, 0.05) is 10.7 Å². The summed E-state index contributed by atoms with van der Waals surface area (Å²) in [7, 11) is 0. The summed E-state index contributed by atoms with van der Waals surface area (Å²) in [5.41, 5.74) is 1.12. The number of halogens is 1. The molecule has 0 atom stereocenters. The zero-order chi connectivity index (χ0) is 20.4. The van der Waals surface area contributed by atoms with Gasteiger partial charge in [-0.2, -0.15) is 4.98 Å². The molecule has 4 aromatic rings. The molecule has 8 heteroatoms. The Morgan fingerprint density at radius 1 is 1.03 bits per heavy atom. The molecule has 0 amide bonds. The Morgan fingerprint density at radius 3 is 2.59 bits per heavy atom. The lowest BCUT2D eigenvalue weighted by Crippen LogP contribution is -2.04. The minimum Gasteiger partial charge on any atom is -0.434 e. The maximum Gasteiger partial charge on any atom is 0.373 e. The molecule has 0 aliphatic heterocycles. The van der Waals surface area contributed by atoms with Crippen LogP contribution >= 0.6 is 11.6 Å². The Labute approximate surface area is 171 Å². The van der Waals surface area contributed by atoms with Gasteiger partial charge in [-0.1, -0.05) is 41.9 Å². The van der Waals surface area contributed by atoms with E-state index in [1.54, 1.807) is 30.3 Å². The molecule has 0 radical (unpaired) electrons. The van der Waals surface area contributed by atoms with Gasteiger partial charge in [-0.15, -0.1) is 0 Å². The van der Waals surface area contributed by atoms with E-state index in [-0.39, 0.29) is 17.4 Å². The number of rotatable bonds is 5. The number of aryl methyl sites for hydroxylation is 1. The van der Waals surface area contributed by atoms with Crippen LogP contribution in [0, 0.1) is 17.0 Å². The van der Waals surface area contributed by atoms with Gasteiger partial charge >= 0.3 is 11.6 Å². The maximum absolute atomic E-state index is 11.8. The SMILES string of the molecule is Cc1cc(Cl)ccc1Nc1ncnc(Oc2ccc3ccccc3c2)c1[N+](=O)[O-]. The van der Waals surface area contributed by atoms with E-state index in [9.17, 15) is 10.1 Å². The minimum atomic E-state index is -0.566. The quantitative estimate of drug-likeness (QED) is 0.321. The first kappa shape index (κ1) is 18.6. The molecule has 7 nitrogen and oxygen atoms in total. The lowest BCUT2D eigenvalue weighted by atomic mass is 10.1. The molecule has 0 saturated carbocycles. The smallest absolute Gasteiger partial charge is 0.373 e. The Balaban J connectivity index is 1.71. The molecular formula is C21H15ClN4O3. The van der Waals surface area contributed by atoms with Crippen molar-refractivity contribution in [3.63, 3.8) is 0 Å². The fourth-order valence-corrected chi connectivity index (χ4v) is 3.16. The van der Waals surface area contributed by atoms with Crippen molar-refractivity contribution in [2.24, 2.45) is 0 Å². The second-order valence-corrected chi connectivity index (χ2v) is 6.76. The first-order chi connectivity index (χ1) is 14.0. The summed E-state index contributed by atoms with van der Waals surface area (Å²) in [6.45, 7) is 1.84. The Morgan fingerprint density at radius 2 is 1.83 bits per heavy atom. The fraction of sp³-hybridized carbons (Fsp3) is 0.0476. The maximum atomic E-state index is 11.8. The van der Waals surface area contributed by atoms with Crippen LogP contribution in [0.3, 0.4) is 0 Å². The number of nitrogens with one attached hydrogen (secondary N) is 1. The predicted molar refractivity (Wildman–Crippen MR) is 112 cm³/mol. The molecule has 1 aromatic heterocycles. The van der Waals surface area contributed by atoms with Crippen molar-refractivity contribution in [3.05, 3.63) is 87.7 Å². The third-order valence-corrected chi connectivity index (χ3v) is 4.58.